The summed E-state index contributed by atoms with van der Waals surface area (Å²) < 4.78 is 20.0. The average Bonchev–Trinajstić information content (AvgIpc) is 3.36. The second-order valence-corrected chi connectivity index (χ2v) is 8.19. The molecule has 2 amide bonds. The minimum absolute atomic E-state index is 0.243. The summed E-state index contributed by atoms with van der Waals surface area (Å²) >= 11 is 0. The van der Waals surface area contributed by atoms with Crippen molar-refractivity contribution in [1.29, 1.82) is 0 Å². The third-order valence-electron chi connectivity index (χ3n) is 5.79. The number of methoxy groups -OCH3 is 1. The number of benzene rings is 2. The van der Waals surface area contributed by atoms with Gasteiger partial charge in [-0.3, -0.25) is 14.5 Å². The van der Waals surface area contributed by atoms with E-state index >= 15 is 0 Å². The molecule has 0 spiro atoms. The van der Waals surface area contributed by atoms with E-state index in [2.05, 4.69) is 20.0 Å². The van der Waals surface area contributed by atoms with Crippen LogP contribution in [0.3, 0.4) is 0 Å². The van der Waals surface area contributed by atoms with E-state index in [1.165, 1.54) is 19.2 Å². The monoisotopic (exact) mass is 495 g/mol. The van der Waals surface area contributed by atoms with E-state index in [1.54, 1.807) is 59.9 Å². The Bertz CT molecular complexity index is 1550. The number of hydrogen-bond donors (Lipinski definition) is 1. The zero-order valence-corrected chi connectivity index (χ0v) is 19.8. The van der Waals surface area contributed by atoms with Gasteiger partial charge in [0.25, 0.3) is 5.91 Å². The van der Waals surface area contributed by atoms with Crippen molar-refractivity contribution < 1.29 is 18.7 Å². The van der Waals surface area contributed by atoms with Crippen LogP contribution in [-0.4, -0.2) is 33.5 Å². The molecule has 2 aromatic carbocycles. The molecule has 0 unspecified atom stereocenters. The second-order valence-electron chi connectivity index (χ2n) is 8.19. The van der Waals surface area contributed by atoms with Crippen LogP contribution in [0, 0.1) is 5.82 Å². The van der Waals surface area contributed by atoms with Crippen LogP contribution >= 0.6 is 0 Å². The first-order valence-corrected chi connectivity index (χ1v) is 11.4. The Labute approximate surface area is 212 Å². The lowest BCUT2D eigenvalue weighted by Crippen LogP contribution is -2.30. The summed E-state index contributed by atoms with van der Waals surface area (Å²) in [4.78, 5) is 35.5. The SMILES string of the molecule is COC(=O)Nc1ccc(-c2cnc3ccc(C(=O)N(Cc4ccccc4)c4ccc(F)cc4)cn23)cn1. The van der Waals surface area contributed by atoms with Gasteiger partial charge in [0.2, 0.25) is 0 Å². The van der Waals surface area contributed by atoms with Crippen LogP contribution in [0.5, 0.6) is 0 Å². The zero-order valence-electron chi connectivity index (χ0n) is 19.8. The highest BCUT2D eigenvalue weighted by Gasteiger charge is 2.20. The number of hydrogen-bond acceptors (Lipinski definition) is 5. The maximum Gasteiger partial charge on any atom is 0.412 e. The molecule has 0 aliphatic carbocycles. The van der Waals surface area contributed by atoms with E-state index < -0.39 is 6.09 Å². The van der Waals surface area contributed by atoms with Crippen LogP contribution < -0.4 is 10.2 Å². The summed E-state index contributed by atoms with van der Waals surface area (Å²) in [6.07, 6.45) is 4.40. The van der Waals surface area contributed by atoms with Gasteiger partial charge in [-0.05, 0) is 54.1 Å². The molecule has 0 saturated carbocycles. The summed E-state index contributed by atoms with van der Waals surface area (Å²) in [7, 11) is 1.28. The maximum absolute atomic E-state index is 13.8. The van der Waals surface area contributed by atoms with Gasteiger partial charge >= 0.3 is 6.09 Å². The number of carbonyl (C=O) groups is 2. The summed E-state index contributed by atoms with van der Waals surface area (Å²) in [5.74, 6) is -0.273. The smallest absolute Gasteiger partial charge is 0.412 e. The van der Waals surface area contributed by atoms with E-state index in [0.717, 1.165) is 16.8 Å². The fourth-order valence-electron chi connectivity index (χ4n) is 3.92. The van der Waals surface area contributed by atoms with Crippen LogP contribution in [0.4, 0.5) is 20.7 Å². The van der Waals surface area contributed by atoms with Gasteiger partial charge in [-0.15, -0.1) is 0 Å². The highest BCUT2D eigenvalue weighted by atomic mass is 19.1. The third kappa shape index (κ3) is 5.15. The lowest BCUT2D eigenvalue weighted by molar-refractivity contribution is 0.0984. The minimum Gasteiger partial charge on any atom is -0.453 e. The van der Waals surface area contributed by atoms with E-state index in [-0.39, 0.29) is 11.7 Å². The summed E-state index contributed by atoms with van der Waals surface area (Å²) in [6.45, 7) is 0.318. The van der Waals surface area contributed by atoms with Crippen molar-refractivity contribution >= 4 is 29.2 Å². The molecule has 0 saturated heterocycles. The number of nitrogens with one attached hydrogen (secondary N) is 1. The van der Waals surface area contributed by atoms with Gasteiger partial charge in [0.1, 0.15) is 17.3 Å². The Morgan fingerprint density at radius 2 is 1.73 bits per heavy atom. The molecule has 0 fully saturated rings. The number of anilines is 2. The molecule has 3 heterocycles. The molecule has 5 aromatic rings. The summed E-state index contributed by atoms with van der Waals surface area (Å²) in [5, 5.41) is 2.51. The normalized spacial score (nSPS) is 10.8. The fourth-order valence-corrected chi connectivity index (χ4v) is 3.92. The highest BCUT2D eigenvalue weighted by Crippen LogP contribution is 2.24. The van der Waals surface area contributed by atoms with Crippen molar-refractivity contribution in [2.24, 2.45) is 0 Å². The summed E-state index contributed by atoms with van der Waals surface area (Å²) in [5.41, 5.74) is 4.07. The number of nitrogens with zero attached hydrogens (tertiary/aromatic N) is 4. The molecule has 0 aliphatic rings. The van der Waals surface area contributed by atoms with Gasteiger partial charge in [-0.2, -0.15) is 0 Å². The van der Waals surface area contributed by atoms with E-state index in [4.69, 9.17) is 0 Å². The lowest BCUT2D eigenvalue weighted by atomic mass is 10.1. The fraction of sp³-hybridized carbons (Fsp3) is 0.0714. The topological polar surface area (TPSA) is 88.8 Å². The van der Waals surface area contributed by atoms with Gasteiger partial charge < -0.3 is 9.64 Å². The number of halogens is 1. The van der Waals surface area contributed by atoms with Gasteiger partial charge in [-0.25, -0.2) is 19.2 Å². The molecule has 0 atom stereocenters. The van der Waals surface area contributed by atoms with Crippen molar-refractivity contribution in [3.8, 4) is 11.3 Å². The molecule has 0 bridgehead atoms. The molecule has 9 heteroatoms. The van der Waals surface area contributed by atoms with Crippen LogP contribution in [-0.2, 0) is 11.3 Å². The van der Waals surface area contributed by atoms with E-state index in [9.17, 15) is 14.0 Å². The van der Waals surface area contributed by atoms with E-state index in [1.807, 2.05) is 34.7 Å². The molecular weight excluding hydrogens is 473 g/mol. The number of pyridine rings is 2. The van der Waals surface area contributed by atoms with Gasteiger partial charge in [0.05, 0.1) is 31.1 Å². The molecule has 0 aliphatic heterocycles. The Morgan fingerprint density at radius 1 is 0.946 bits per heavy atom. The first-order chi connectivity index (χ1) is 18.0. The predicted octanol–water partition coefficient (Wildman–Crippen LogP) is 5.56. The first-order valence-electron chi connectivity index (χ1n) is 11.4. The average molecular weight is 496 g/mol. The standard InChI is InChI=1S/C28H22FN5O3/c1-37-28(36)32-25-13-7-20(15-30-25)24-16-31-26-14-8-21(18-34(24)26)27(35)33(17-19-5-3-2-4-6-19)23-11-9-22(29)10-12-23/h2-16,18H,17H2,1H3,(H,30,32,36). The van der Waals surface area contributed by atoms with Crippen LogP contribution in [0.25, 0.3) is 16.9 Å². The number of aromatic nitrogens is 3. The van der Waals surface area contributed by atoms with E-state index in [0.29, 0.717) is 29.3 Å². The second kappa shape index (κ2) is 10.3. The molecule has 3 aromatic heterocycles. The largest absolute Gasteiger partial charge is 0.453 e. The molecule has 5 rings (SSSR count). The van der Waals surface area contributed by atoms with Crippen LogP contribution in [0.2, 0.25) is 0 Å². The molecule has 37 heavy (non-hydrogen) atoms. The first kappa shape index (κ1) is 23.7. The number of ether oxygens (including phenoxy) is 1. The Hall–Kier alpha value is -5.05. The van der Waals surface area contributed by atoms with Crippen LogP contribution in [0.1, 0.15) is 15.9 Å². The molecular formula is C28H22FN5O3. The zero-order chi connectivity index (χ0) is 25.8. The summed E-state index contributed by atoms with van der Waals surface area (Å²) in [6, 6.07) is 22.4. The maximum atomic E-state index is 13.8. The van der Waals surface area contributed by atoms with Gasteiger partial charge in [0.15, 0.2) is 0 Å². The molecule has 1 N–H and O–H groups in total. The van der Waals surface area contributed by atoms with Gasteiger partial charge in [0, 0.05) is 23.6 Å². The number of fused-ring (bicyclic) bond motifs is 1. The van der Waals surface area contributed by atoms with Crippen molar-refractivity contribution in [2.75, 3.05) is 17.3 Å². The predicted molar refractivity (Wildman–Crippen MR) is 138 cm³/mol. The van der Waals surface area contributed by atoms with Gasteiger partial charge in [-0.1, -0.05) is 30.3 Å². The number of amides is 2. The van der Waals surface area contributed by atoms with Crippen molar-refractivity contribution in [1.82, 2.24) is 14.4 Å². The quantitative estimate of drug-likeness (QED) is 0.333. The number of rotatable bonds is 6. The lowest BCUT2D eigenvalue weighted by Gasteiger charge is -2.23. The Kier molecular flexibility index (Phi) is 6.58. The van der Waals surface area contributed by atoms with Crippen LogP contribution in [0.15, 0.2) is 97.5 Å². The minimum atomic E-state index is -0.612. The van der Waals surface area contributed by atoms with Crippen molar-refractivity contribution in [3.05, 3.63) is 114 Å². The Morgan fingerprint density at radius 3 is 2.43 bits per heavy atom. The Balaban J connectivity index is 1.49. The van der Waals surface area contributed by atoms with Crippen molar-refractivity contribution in [3.63, 3.8) is 0 Å². The third-order valence-corrected chi connectivity index (χ3v) is 5.79. The van der Waals surface area contributed by atoms with Crippen molar-refractivity contribution in [2.45, 2.75) is 6.54 Å². The number of carbonyl (C=O) groups excluding carboxylic acids is 2. The number of imidazole rings is 1. The molecule has 0 radical (unpaired) electrons. The highest BCUT2D eigenvalue weighted by molar-refractivity contribution is 6.06. The molecule has 184 valence electrons. The molecule has 8 nitrogen and oxygen atoms in total.